The van der Waals surface area contributed by atoms with Crippen molar-refractivity contribution in [1.29, 1.82) is 0 Å². The molecule has 1 aromatic carbocycles. The standard InChI is InChI=1S/C12H14F3NO/c13-12(14,15)10-4-2-1-3-8(10)9-5-6-16-11(9)7-17/h1-4,9,11,16-17H,5-7H2/t9-,11-/m1/s1. The molecule has 0 aromatic heterocycles. The highest BCUT2D eigenvalue weighted by atomic mass is 19.4. The van der Waals surface area contributed by atoms with Gasteiger partial charge in [0, 0.05) is 12.0 Å². The Bertz CT molecular complexity index is 392. The first-order valence-corrected chi connectivity index (χ1v) is 5.54. The summed E-state index contributed by atoms with van der Waals surface area (Å²) in [5.74, 6) is -0.266. The highest BCUT2D eigenvalue weighted by Crippen LogP contribution is 2.38. The van der Waals surface area contributed by atoms with E-state index in [1.165, 1.54) is 12.1 Å². The van der Waals surface area contributed by atoms with Crippen molar-refractivity contribution in [1.82, 2.24) is 5.32 Å². The lowest BCUT2D eigenvalue weighted by molar-refractivity contribution is -0.138. The number of rotatable bonds is 2. The van der Waals surface area contributed by atoms with Gasteiger partial charge in [-0.25, -0.2) is 0 Å². The van der Waals surface area contributed by atoms with Crippen LogP contribution in [0.15, 0.2) is 24.3 Å². The van der Waals surface area contributed by atoms with E-state index in [9.17, 15) is 13.2 Å². The molecule has 1 saturated heterocycles. The van der Waals surface area contributed by atoms with Gasteiger partial charge in [-0.05, 0) is 24.6 Å². The van der Waals surface area contributed by atoms with Gasteiger partial charge in [0.25, 0.3) is 0 Å². The Labute approximate surface area is 97.5 Å². The fourth-order valence-corrected chi connectivity index (χ4v) is 2.41. The smallest absolute Gasteiger partial charge is 0.395 e. The fourth-order valence-electron chi connectivity index (χ4n) is 2.41. The number of alkyl halides is 3. The molecule has 2 nitrogen and oxygen atoms in total. The summed E-state index contributed by atoms with van der Waals surface area (Å²) in [6, 6.07) is 5.32. The molecule has 0 radical (unpaired) electrons. The third-order valence-electron chi connectivity index (χ3n) is 3.21. The molecular weight excluding hydrogens is 231 g/mol. The Hall–Kier alpha value is -1.07. The van der Waals surface area contributed by atoms with Crippen LogP contribution in [0.1, 0.15) is 23.5 Å². The van der Waals surface area contributed by atoms with Gasteiger partial charge in [0.1, 0.15) is 0 Å². The summed E-state index contributed by atoms with van der Waals surface area (Å²) in [7, 11) is 0. The molecule has 5 heteroatoms. The number of benzene rings is 1. The lowest BCUT2D eigenvalue weighted by Crippen LogP contribution is -2.30. The highest BCUT2D eigenvalue weighted by molar-refractivity contribution is 5.34. The summed E-state index contributed by atoms with van der Waals surface area (Å²) in [5, 5.41) is 12.2. The Kier molecular flexibility index (Phi) is 3.40. The molecule has 0 amide bonds. The zero-order valence-electron chi connectivity index (χ0n) is 9.17. The van der Waals surface area contributed by atoms with Crippen LogP contribution in [0.25, 0.3) is 0 Å². The van der Waals surface area contributed by atoms with Crippen LogP contribution in [-0.2, 0) is 6.18 Å². The predicted molar refractivity (Wildman–Crippen MR) is 57.7 cm³/mol. The van der Waals surface area contributed by atoms with Crippen molar-refractivity contribution < 1.29 is 18.3 Å². The van der Waals surface area contributed by atoms with E-state index in [1.807, 2.05) is 0 Å². The van der Waals surface area contributed by atoms with E-state index in [-0.39, 0.29) is 24.1 Å². The molecule has 0 unspecified atom stereocenters. The minimum Gasteiger partial charge on any atom is -0.395 e. The number of hydrogen-bond donors (Lipinski definition) is 2. The van der Waals surface area contributed by atoms with Gasteiger partial charge >= 0.3 is 6.18 Å². The van der Waals surface area contributed by atoms with E-state index >= 15 is 0 Å². The van der Waals surface area contributed by atoms with Gasteiger partial charge in [0.05, 0.1) is 12.2 Å². The third-order valence-corrected chi connectivity index (χ3v) is 3.21. The van der Waals surface area contributed by atoms with Gasteiger partial charge < -0.3 is 10.4 Å². The average molecular weight is 245 g/mol. The monoisotopic (exact) mass is 245 g/mol. The van der Waals surface area contributed by atoms with Crippen molar-refractivity contribution in [2.24, 2.45) is 0 Å². The van der Waals surface area contributed by atoms with Gasteiger partial charge in [0.15, 0.2) is 0 Å². The van der Waals surface area contributed by atoms with Gasteiger partial charge in [-0.15, -0.1) is 0 Å². The van der Waals surface area contributed by atoms with E-state index in [0.29, 0.717) is 13.0 Å². The van der Waals surface area contributed by atoms with E-state index in [2.05, 4.69) is 5.32 Å². The minimum absolute atomic E-state index is 0.142. The van der Waals surface area contributed by atoms with E-state index in [0.717, 1.165) is 6.07 Å². The van der Waals surface area contributed by atoms with Gasteiger partial charge in [-0.1, -0.05) is 18.2 Å². The maximum Gasteiger partial charge on any atom is 0.416 e. The van der Waals surface area contributed by atoms with Crippen LogP contribution in [0.3, 0.4) is 0 Å². The molecule has 2 atom stereocenters. The molecule has 0 bridgehead atoms. The molecule has 1 fully saturated rings. The van der Waals surface area contributed by atoms with Crippen LogP contribution < -0.4 is 5.32 Å². The van der Waals surface area contributed by atoms with Gasteiger partial charge in [0.2, 0.25) is 0 Å². The second-order valence-corrected chi connectivity index (χ2v) is 4.22. The van der Waals surface area contributed by atoms with Crippen molar-refractivity contribution in [3.63, 3.8) is 0 Å². The van der Waals surface area contributed by atoms with Crippen molar-refractivity contribution in [2.45, 2.75) is 24.6 Å². The maximum absolute atomic E-state index is 12.8. The molecule has 94 valence electrons. The Balaban J connectivity index is 2.38. The Morgan fingerprint density at radius 1 is 1.29 bits per heavy atom. The third kappa shape index (κ3) is 2.45. The second-order valence-electron chi connectivity index (χ2n) is 4.22. The quantitative estimate of drug-likeness (QED) is 0.836. The number of nitrogens with one attached hydrogen (secondary N) is 1. The van der Waals surface area contributed by atoms with Crippen LogP contribution in [0.5, 0.6) is 0 Å². The molecule has 0 spiro atoms. The number of aliphatic hydroxyl groups excluding tert-OH is 1. The molecule has 1 aliphatic heterocycles. The van der Waals surface area contributed by atoms with Crippen LogP contribution in [0.2, 0.25) is 0 Å². The van der Waals surface area contributed by atoms with E-state index in [4.69, 9.17) is 5.11 Å². The topological polar surface area (TPSA) is 32.3 Å². The average Bonchev–Trinajstić information content (AvgIpc) is 2.75. The molecule has 17 heavy (non-hydrogen) atoms. The normalized spacial score (nSPS) is 25.2. The fraction of sp³-hybridized carbons (Fsp3) is 0.500. The summed E-state index contributed by atoms with van der Waals surface area (Å²) in [4.78, 5) is 0. The largest absolute Gasteiger partial charge is 0.416 e. The number of aliphatic hydroxyl groups is 1. The SMILES string of the molecule is OC[C@H]1NCC[C@@H]1c1ccccc1C(F)(F)F. The highest BCUT2D eigenvalue weighted by Gasteiger charge is 2.37. The number of hydrogen-bond acceptors (Lipinski definition) is 2. The lowest BCUT2D eigenvalue weighted by Gasteiger charge is -2.21. The molecule has 1 aliphatic rings. The minimum atomic E-state index is -4.33. The van der Waals surface area contributed by atoms with Crippen molar-refractivity contribution in [3.05, 3.63) is 35.4 Å². The molecule has 2 rings (SSSR count). The summed E-state index contributed by atoms with van der Waals surface area (Å²) in [5.41, 5.74) is -0.309. The Morgan fingerprint density at radius 3 is 2.65 bits per heavy atom. The van der Waals surface area contributed by atoms with Crippen molar-refractivity contribution >= 4 is 0 Å². The Morgan fingerprint density at radius 2 is 2.00 bits per heavy atom. The zero-order chi connectivity index (χ0) is 12.5. The summed E-state index contributed by atoms with van der Waals surface area (Å²) in [6.45, 7) is 0.499. The summed E-state index contributed by atoms with van der Waals surface area (Å²) < 4.78 is 38.5. The summed E-state index contributed by atoms with van der Waals surface area (Å²) in [6.07, 6.45) is -3.71. The maximum atomic E-state index is 12.8. The second kappa shape index (κ2) is 4.66. The molecular formula is C12H14F3NO. The van der Waals surface area contributed by atoms with E-state index < -0.39 is 11.7 Å². The molecule has 1 aromatic rings. The molecule has 0 saturated carbocycles. The first-order valence-electron chi connectivity index (χ1n) is 5.54. The van der Waals surface area contributed by atoms with Crippen LogP contribution in [0, 0.1) is 0 Å². The van der Waals surface area contributed by atoms with Crippen LogP contribution in [0.4, 0.5) is 13.2 Å². The summed E-state index contributed by atoms with van der Waals surface area (Å²) >= 11 is 0. The molecule has 0 aliphatic carbocycles. The molecule has 2 N–H and O–H groups in total. The van der Waals surface area contributed by atoms with Crippen LogP contribution >= 0.6 is 0 Å². The first kappa shape index (κ1) is 12.4. The first-order chi connectivity index (χ1) is 8.04. The van der Waals surface area contributed by atoms with Gasteiger partial charge in [-0.2, -0.15) is 13.2 Å². The molecule has 1 heterocycles. The predicted octanol–water partition coefficient (Wildman–Crippen LogP) is 2.14. The van der Waals surface area contributed by atoms with Crippen molar-refractivity contribution in [2.75, 3.05) is 13.2 Å². The zero-order valence-corrected chi connectivity index (χ0v) is 9.17. The van der Waals surface area contributed by atoms with Crippen molar-refractivity contribution in [3.8, 4) is 0 Å². The van der Waals surface area contributed by atoms with Gasteiger partial charge in [-0.3, -0.25) is 0 Å². The van der Waals surface area contributed by atoms with E-state index in [1.54, 1.807) is 6.07 Å². The van der Waals surface area contributed by atoms with Crippen LogP contribution in [-0.4, -0.2) is 24.3 Å². The number of halogens is 3. The lowest BCUT2D eigenvalue weighted by atomic mass is 9.88.